The zero-order chi connectivity index (χ0) is 14.7. The Balaban J connectivity index is 2.20. The van der Waals surface area contributed by atoms with Gasteiger partial charge in [0.25, 0.3) is 0 Å². The first-order chi connectivity index (χ1) is 9.47. The lowest BCUT2D eigenvalue weighted by Gasteiger charge is -2.19. The molecule has 2 aromatic rings. The molecule has 20 heavy (non-hydrogen) atoms. The molecule has 2 aromatic carbocycles. The van der Waals surface area contributed by atoms with Crippen molar-refractivity contribution >= 4 is 27.3 Å². The number of benzene rings is 2. The lowest BCUT2D eigenvalue weighted by atomic mass is 10.1. The van der Waals surface area contributed by atoms with Gasteiger partial charge in [0.05, 0.1) is 11.4 Å². The fourth-order valence-electron chi connectivity index (χ4n) is 2.27. The van der Waals surface area contributed by atoms with Crippen LogP contribution in [0.25, 0.3) is 0 Å². The Hall–Kier alpha value is -1.48. The quantitative estimate of drug-likeness (QED) is 0.869. The van der Waals surface area contributed by atoms with Gasteiger partial charge in [-0.05, 0) is 43.2 Å². The molecule has 2 nitrogen and oxygen atoms in total. The second-order valence-electron chi connectivity index (χ2n) is 5.34. The molecule has 0 saturated carbocycles. The Bertz CT molecular complexity index is 606. The summed E-state index contributed by atoms with van der Waals surface area (Å²) in [7, 11) is 4.12. The Morgan fingerprint density at radius 3 is 2.45 bits per heavy atom. The largest absolute Gasteiger partial charge is 0.379 e. The maximum atomic E-state index is 3.54. The predicted octanol–water partition coefficient (Wildman–Crippen LogP) is 4.74. The number of nitrogens with one attached hydrogen (secondary N) is 1. The number of hydrogen-bond donors (Lipinski definition) is 1. The van der Waals surface area contributed by atoms with E-state index < -0.39 is 0 Å². The number of aryl methyl sites for hydroxylation is 2. The number of halogens is 1. The summed E-state index contributed by atoms with van der Waals surface area (Å²) in [6.45, 7) is 5.13. The lowest BCUT2D eigenvalue weighted by Crippen LogP contribution is -2.12. The maximum absolute atomic E-state index is 3.54. The standard InChI is InChI=1S/C17H21BrN2/c1-12-5-6-14(13(2)9-12)11-19-16-10-15(18)7-8-17(16)20(3)4/h5-10,19H,11H2,1-4H3. The van der Waals surface area contributed by atoms with Crippen LogP contribution in [0.3, 0.4) is 0 Å². The third-order valence-corrected chi connectivity index (χ3v) is 3.90. The molecule has 106 valence electrons. The molecular formula is C17H21BrN2. The zero-order valence-electron chi connectivity index (χ0n) is 12.5. The molecule has 0 heterocycles. The Kier molecular flexibility index (Phi) is 4.71. The van der Waals surface area contributed by atoms with Crippen LogP contribution in [-0.4, -0.2) is 14.1 Å². The Morgan fingerprint density at radius 2 is 1.80 bits per heavy atom. The van der Waals surface area contributed by atoms with Crippen LogP contribution in [0.4, 0.5) is 11.4 Å². The van der Waals surface area contributed by atoms with E-state index in [9.17, 15) is 0 Å². The molecule has 0 amide bonds. The van der Waals surface area contributed by atoms with Crippen molar-refractivity contribution in [3.8, 4) is 0 Å². The molecule has 0 spiro atoms. The summed E-state index contributed by atoms with van der Waals surface area (Å²) >= 11 is 3.54. The molecule has 0 radical (unpaired) electrons. The molecule has 0 aliphatic carbocycles. The van der Waals surface area contributed by atoms with Crippen molar-refractivity contribution in [2.75, 3.05) is 24.3 Å². The van der Waals surface area contributed by atoms with Crippen molar-refractivity contribution in [2.45, 2.75) is 20.4 Å². The van der Waals surface area contributed by atoms with E-state index in [4.69, 9.17) is 0 Å². The van der Waals surface area contributed by atoms with Crippen LogP contribution >= 0.6 is 15.9 Å². The van der Waals surface area contributed by atoms with Gasteiger partial charge in [-0.1, -0.05) is 39.7 Å². The van der Waals surface area contributed by atoms with E-state index in [0.29, 0.717) is 0 Å². The van der Waals surface area contributed by atoms with Gasteiger partial charge in [-0.3, -0.25) is 0 Å². The fourth-order valence-corrected chi connectivity index (χ4v) is 2.64. The summed E-state index contributed by atoms with van der Waals surface area (Å²) in [5.41, 5.74) is 6.31. The molecule has 0 aliphatic heterocycles. The van der Waals surface area contributed by atoms with Gasteiger partial charge in [0.15, 0.2) is 0 Å². The average molecular weight is 333 g/mol. The minimum Gasteiger partial charge on any atom is -0.379 e. The van der Waals surface area contributed by atoms with Crippen LogP contribution in [0, 0.1) is 13.8 Å². The first-order valence-corrected chi connectivity index (χ1v) is 7.53. The summed E-state index contributed by atoms with van der Waals surface area (Å²) in [5, 5.41) is 3.54. The summed E-state index contributed by atoms with van der Waals surface area (Å²) < 4.78 is 1.09. The van der Waals surface area contributed by atoms with Crippen molar-refractivity contribution in [3.05, 3.63) is 57.6 Å². The van der Waals surface area contributed by atoms with Gasteiger partial charge >= 0.3 is 0 Å². The number of anilines is 2. The second-order valence-corrected chi connectivity index (χ2v) is 6.26. The van der Waals surface area contributed by atoms with Crippen LogP contribution in [-0.2, 0) is 6.54 Å². The minimum absolute atomic E-state index is 0.837. The lowest BCUT2D eigenvalue weighted by molar-refractivity contribution is 1.08. The normalized spacial score (nSPS) is 10.4. The van der Waals surface area contributed by atoms with Crippen molar-refractivity contribution in [1.82, 2.24) is 0 Å². The van der Waals surface area contributed by atoms with Gasteiger partial charge in [-0.2, -0.15) is 0 Å². The van der Waals surface area contributed by atoms with Gasteiger partial charge < -0.3 is 10.2 Å². The summed E-state index contributed by atoms with van der Waals surface area (Å²) in [4.78, 5) is 2.12. The SMILES string of the molecule is Cc1ccc(CNc2cc(Br)ccc2N(C)C)c(C)c1. The smallest absolute Gasteiger partial charge is 0.0597 e. The molecule has 0 atom stereocenters. The van der Waals surface area contributed by atoms with E-state index in [1.165, 1.54) is 22.4 Å². The van der Waals surface area contributed by atoms with Crippen molar-refractivity contribution < 1.29 is 0 Å². The highest BCUT2D eigenvalue weighted by Gasteiger charge is 2.06. The molecule has 0 fully saturated rings. The summed E-state index contributed by atoms with van der Waals surface area (Å²) in [6.07, 6.45) is 0. The highest BCUT2D eigenvalue weighted by Crippen LogP contribution is 2.28. The molecule has 1 N–H and O–H groups in total. The van der Waals surface area contributed by atoms with Gasteiger partial charge in [-0.25, -0.2) is 0 Å². The van der Waals surface area contributed by atoms with E-state index >= 15 is 0 Å². The molecule has 0 unspecified atom stereocenters. The number of rotatable bonds is 4. The van der Waals surface area contributed by atoms with E-state index in [2.05, 4.69) is 90.5 Å². The van der Waals surface area contributed by atoms with Gasteiger partial charge in [-0.15, -0.1) is 0 Å². The van der Waals surface area contributed by atoms with Crippen molar-refractivity contribution in [2.24, 2.45) is 0 Å². The van der Waals surface area contributed by atoms with E-state index in [1.807, 2.05) is 0 Å². The Labute approximate surface area is 129 Å². The highest BCUT2D eigenvalue weighted by atomic mass is 79.9. The van der Waals surface area contributed by atoms with E-state index in [-0.39, 0.29) is 0 Å². The van der Waals surface area contributed by atoms with Crippen molar-refractivity contribution in [1.29, 1.82) is 0 Å². The molecule has 0 saturated heterocycles. The molecular weight excluding hydrogens is 312 g/mol. The van der Waals surface area contributed by atoms with Crippen molar-refractivity contribution in [3.63, 3.8) is 0 Å². The summed E-state index contributed by atoms with van der Waals surface area (Å²) in [6, 6.07) is 12.9. The third-order valence-electron chi connectivity index (χ3n) is 3.41. The van der Waals surface area contributed by atoms with Crippen LogP contribution < -0.4 is 10.2 Å². The first kappa shape index (κ1) is 14.9. The molecule has 2 rings (SSSR count). The Morgan fingerprint density at radius 1 is 1.05 bits per heavy atom. The first-order valence-electron chi connectivity index (χ1n) is 6.74. The second kappa shape index (κ2) is 6.31. The van der Waals surface area contributed by atoms with Gasteiger partial charge in [0.1, 0.15) is 0 Å². The van der Waals surface area contributed by atoms with E-state index in [0.717, 1.165) is 16.7 Å². The van der Waals surface area contributed by atoms with Crippen LogP contribution in [0.15, 0.2) is 40.9 Å². The summed E-state index contributed by atoms with van der Waals surface area (Å²) in [5.74, 6) is 0. The maximum Gasteiger partial charge on any atom is 0.0597 e. The molecule has 0 aliphatic rings. The highest BCUT2D eigenvalue weighted by molar-refractivity contribution is 9.10. The van der Waals surface area contributed by atoms with E-state index in [1.54, 1.807) is 0 Å². The monoisotopic (exact) mass is 332 g/mol. The van der Waals surface area contributed by atoms with Crippen LogP contribution in [0.5, 0.6) is 0 Å². The van der Waals surface area contributed by atoms with Gasteiger partial charge in [0, 0.05) is 25.1 Å². The number of hydrogen-bond acceptors (Lipinski definition) is 2. The van der Waals surface area contributed by atoms with Crippen LogP contribution in [0.2, 0.25) is 0 Å². The number of nitrogens with zero attached hydrogens (tertiary/aromatic N) is 1. The molecule has 3 heteroatoms. The average Bonchev–Trinajstić information content (AvgIpc) is 2.37. The third kappa shape index (κ3) is 3.54. The molecule has 0 aromatic heterocycles. The molecule has 0 bridgehead atoms. The zero-order valence-corrected chi connectivity index (χ0v) is 14.1. The fraction of sp³-hybridized carbons (Fsp3) is 0.294. The minimum atomic E-state index is 0.837. The van der Waals surface area contributed by atoms with Crippen LogP contribution in [0.1, 0.15) is 16.7 Å². The van der Waals surface area contributed by atoms with Gasteiger partial charge in [0.2, 0.25) is 0 Å². The predicted molar refractivity (Wildman–Crippen MR) is 91.7 cm³/mol. The topological polar surface area (TPSA) is 15.3 Å².